The molecule has 0 aliphatic rings. The molecule has 0 bridgehead atoms. The van der Waals surface area contributed by atoms with E-state index in [1.54, 1.807) is 24.3 Å². The van der Waals surface area contributed by atoms with E-state index in [1.807, 2.05) is 57.0 Å². The van der Waals surface area contributed by atoms with Gasteiger partial charge in [0.05, 0.1) is 17.8 Å². The Labute approximate surface area is 173 Å². The normalized spacial score (nSPS) is 10.8. The van der Waals surface area contributed by atoms with Crippen LogP contribution in [-0.4, -0.2) is 50.0 Å². The van der Waals surface area contributed by atoms with E-state index in [0.717, 1.165) is 11.3 Å². The highest BCUT2D eigenvalue weighted by atomic mass is 16.5. The predicted molar refractivity (Wildman–Crippen MR) is 116 cm³/mol. The van der Waals surface area contributed by atoms with Gasteiger partial charge in [-0.25, -0.2) is 0 Å². The molecule has 0 saturated heterocycles. The molecule has 0 saturated carbocycles. The van der Waals surface area contributed by atoms with Gasteiger partial charge >= 0.3 is 0 Å². The minimum atomic E-state index is -0.186. The standard InChI is InChI=1S/C23H31N3O3/c1-17(2)15-24-23(28)19-10-6-7-11-20(19)25-22(27)16-26(4)13-14-29-21-12-8-5-9-18(21)3/h5-12,17H,13-16H2,1-4H3,(H,24,28)(H,25,27). The number of para-hydroxylation sites is 2. The van der Waals surface area contributed by atoms with E-state index in [2.05, 4.69) is 10.6 Å². The average Bonchev–Trinajstić information content (AvgIpc) is 2.68. The van der Waals surface area contributed by atoms with Gasteiger partial charge < -0.3 is 15.4 Å². The van der Waals surface area contributed by atoms with Crippen LogP contribution >= 0.6 is 0 Å². The van der Waals surface area contributed by atoms with Crippen LogP contribution in [0.25, 0.3) is 0 Å². The SMILES string of the molecule is Cc1ccccc1OCCN(C)CC(=O)Nc1ccccc1C(=O)NCC(C)C. The van der Waals surface area contributed by atoms with Crippen molar-refractivity contribution in [1.82, 2.24) is 10.2 Å². The zero-order valence-corrected chi connectivity index (χ0v) is 17.7. The van der Waals surface area contributed by atoms with E-state index in [4.69, 9.17) is 4.74 Å². The maximum Gasteiger partial charge on any atom is 0.253 e. The predicted octanol–water partition coefficient (Wildman–Crippen LogP) is 3.33. The van der Waals surface area contributed by atoms with Crippen LogP contribution in [-0.2, 0) is 4.79 Å². The number of rotatable bonds is 10. The molecule has 0 aromatic heterocycles. The second-order valence-corrected chi connectivity index (χ2v) is 7.55. The molecule has 2 N–H and O–H groups in total. The number of hydrogen-bond acceptors (Lipinski definition) is 4. The Morgan fingerprint density at radius 1 is 1.07 bits per heavy atom. The molecule has 2 rings (SSSR count). The number of ether oxygens (including phenoxy) is 1. The minimum absolute atomic E-state index is 0.174. The second kappa shape index (κ2) is 11.2. The van der Waals surface area contributed by atoms with Crippen molar-refractivity contribution in [2.75, 3.05) is 38.6 Å². The molecule has 2 amide bonds. The molecule has 29 heavy (non-hydrogen) atoms. The topological polar surface area (TPSA) is 70.7 Å². The highest BCUT2D eigenvalue weighted by molar-refractivity contribution is 6.04. The van der Waals surface area contributed by atoms with E-state index in [9.17, 15) is 9.59 Å². The Balaban J connectivity index is 1.84. The largest absolute Gasteiger partial charge is 0.492 e. The van der Waals surface area contributed by atoms with E-state index in [-0.39, 0.29) is 18.4 Å². The van der Waals surface area contributed by atoms with Crippen molar-refractivity contribution in [2.45, 2.75) is 20.8 Å². The first-order valence-electron chi connectivity index (χ1n) is 9.91. The minimum Gasteiger partial charge on any atom is -0.492 e. The quantitative estimate of drug-likeness (QED) is 0.645. The van der Waals surface area contributed by atoms with Crippen LogP contribution in [0.3, 0.4) is 0 Å². The summed E-state index contributed by atoms with van der Waals surface area (Å²) in [5.41, 5.74) is 2.07. The molecule has 0 fully saturated rings. The van der Waals surface area contributed by atoms with Crippen LogP contribution in [0.2, 0.25) is 0 Å². The van der Waals surface area contributed by atoms with Gasteiger partial charge in [0.25, 0.3) is 5.91 Å². The summed E-state index contributed by atoms with van der Waals surface area (Å²) in [6.07, 6.45) is 0. The van der Waals surface area contributed by atoms with Crippen LogP contribution in [0.5, 0.6) is 5.75 Å². The summed E-state index contributed by atoms with van der Waals surface area (Å²) in [4.78, 5) is 26.7. The third-order valence-electron chi connectivity index (χ3n) is 4.35. The van der Waals surface area contributed by atoms with Gasteiger partial charge in [0.1, 0.15) is 12.4 Å². The van der Waals surface area contributed by atoms with Crippen LogP contribution in [0.4, 0.5) is 5.69 Å². The van der Waals surface area contributed by atoms with Gasteiger partial charge in [-0.05, 0) is 43.7 Å². The molecule has 156 valence electrons. The highest BCUT2D eigenvalue weighted by Gasteiger charge is 2.14. The second-order valence-electron chi connectivity index (χ2n) is 7.55. The number of hydrogen-bond donors (Lipinski definition) is 2. The lowest BCUT2D eigenvalue weighted by molar-refractivity contribution is -0.117. The zero-order valence-electron chi connectivity index (χ0n) is 17.7. The maximum atomic E-state index is 12.4. The number of nitrogens with one attached hydrogen (secondary N) is 2. The Kier molecular flexibility index (Phi) is 8.68. The number of carbonyl (C=O) groups excluding carboxylic acids is 2. The molecule has 0 unspecified atom stereocenters. The lowest BCUT2D eigenvalue weighted by Gasteiger charge is -2.18. The number of carbonyl (C=O) groups is 2. The van der Waals surface area contributed by atoms with Crippen LogP contribution in [0, 0.1) is 12.8 Å². The lowest BCUT2D eigenvalue weighted by Crippen LogP contribution is -2.34. The molecule has 0 aliphatic heterocycles. The fourth-order valence-electron chi connectivity index (χ4n) is 2.73. The molecule has 0 spiro atoms. The van der Waals surface area contributed by atoms with Gasteiger partial charge in [0.2, 0.25) is 5.91 Å². The highest BCUT2D eigenvalue weighted by Crippen LogP contribution is 2.16. The van der Waals surface area contributed by atoms with Crippen LogP contribution < -0.4 is 15.4 Å². The van der Waals surface area contributed by atoms with Crippen LogP contribution in [0.1, 0.15) is 29.8 Å². The molecular weight excluding hydrogens is 366 g/mol. The smallest absolute Gasteiger partial charge is 0.253 e. The summed E-state index contributed by atoms with van der Waals surface area (Å²) in [6, 6.07) is 14.9. The summed E-state index contributed by atoms with van der Waals surface area (Å²) in [7, 11) is 1.86. The van der Waals surface area contributed by atoms with Crippen molar-refractivity contribution < 1.29 is 14.3 Å². The third kappa shape index (κ3) is 7.58. The van der Waals surface area contributed by atoms with Crippen molar-refractivity contribution >= 4 is 17.5 Å². The Morgan fingerprint density at radius 3 is 2.48 bits per heavy atom. The monoisotopic (exact) mass is 397 g/mol. The fraction of sp³-hybridized carbons (Fsp3) is 0.391. The van der Waals surface area contributed by atoms with Gasteiger partial charge in [0.15, 0.2) is 0 Å². The van der Waals surface area contributed by atoms with E-state index < -0.39 is 0 Å². The number of nitrogens with zero attached hydrogens (tertiary/aromatic N) is 1. The first kappa shape index (κ1) is 22.4. The van der Waals surface area contributed by atoms with Crippen molar-refractivity contribution in [3.8, 4) is 5.75 Å². The van der Waals surface area contributed by atoms with E-state index in [1.165, 1.54) is 0 Å². The first-order chi connectivity index (χ1) is 13.9. The molecule has 6 heteroatoms. The first-order valence-corrected chi connectivity index (χ1v) is 9.91. The fourth-order valence-corrected chi connectivity index (χ4v) is 2.73. The maximum absolute atomic E-state index is 12.4. The van der Waals surface area contributed by atoms with Crippen LogP contribution in [0.15, 0.2) is 48.5 Å². The van der Waals surface area contributed by atoms with Crippen molar-refractivity contribution in [1.29, 1.82) is 0 Å². The van der Waals surface area contributed by atoms with Crippen molar-refractivity contribution in [3.63, 3.8) is 0 Å². The molecular formula is C23H31N3O3. The lowest BCUT2D eigenvalue weighted by atomic mass is 10.1. The molecule has 2 aromatic carbocycles. The average molecular weight is 398 g/mol. The molecule has 2 aromatic rings. The Morgan fingerprint density at radius 2 is 1.76 bits per heavy atom. The number of aryl methyl sites for hydroxylation is 1. The number of benzene rings is 2. The number of likely N-dealkylation sites (N-methyl/N-ethyl adjacent to an activating group) is 1. The molecule has 0 aliphatic carbocycles. The molecule has 0 heterocycles. The van der Waals surface area contributed by atoms with Gasteiger partial charge in [-0.15, -0.1) is 0 Å². The molecule has 0 atom stereocenters. The third-order valence-corrected chi connectivity index (χ3v) is 4.35. The van der Waals surface area contributed by atoms with Gasteiger partial charge in [-0.2, -0.15) is 0 Å². The Bertz CT molecular complexity index is 821. The number of amides is 2. The Hall–Kier alpha value is -2.86. The summed E-state index contributed by atoms with van der Waals surface area (Å²) < 4.78 is 5.78. The van der Waals surface area contributed by atoms with Gasteiger partial charge in [-0.1, -0.05) is 44.2 Å². The van der Waals surface area contributed by atoms with Crippen molar-refractivity contribution in [2.24, 2.45) is 5.92 Å². The summed E-state index contributed by atoms with van der Waals surface area (Å²) in [6.45, 7) is 7.96. The van der Waals surface area contributed by atoms with Gasteiger partial charge in [-0.3, -0.25) is 14.5 Å². The summed E-state index contributed by atoms with van der Waals surface area (Å²) >= 11 is 0. The number of anilines is 1. The summed E-state index contributed by atoms with van der Waals surface area (Å²) in [5.74, 6) is 0.852. The molecule has 0 radical (unpaired) electrons. The van der Waals surface area contributed by atoms with Gasteiger partial charge in [0, 0.05) is 13.1 Å². The van der Waals surface area contributed by atoms with E-state index >= 15 is 0 Å². The zero-order chi connectivity index (χ0) is 21.2. The van der Waals surface area contributed by atoms with E-state index in [0.29, 0.717) is 36.9 Å². The summed E-state index contributed by atoms with van der Waals surface area (Å²) in [5, 5.41) is 5.73. The van der Waals surface area contributed by atoms with Crippen molar-refractivity contribution in [3.05, 3.63) is 59.7 Å². The molecule has 6 nitrogen and oxygen atoms in total.